The lowest BCUT2D eigenvalue weighted by molar-refractivity contribution is -0.123. The fraction of sp³-hybridized carbons (Fsp3) is 0.780. The van der Waals surface area contributed by atoms with Crippen LogP contribution in [0.3, 0.4) is 0 Å². The number of aliphatic hydroxyl groups is 2. The van der Waals surface area contributed by atoms with Crippen molar-refractivity contribution < 1.29 is 15.0 Å². The van der Waals surface area contributed by atoms with E-state index in [2.05, 4.69) is 79.9 Å². The van der Waals surface area contributed by atoms with Gasteiger partial charge in [-0.05, 0) is 77.0 Å². The van der Waals surface area contributed by atoms with E-state index in [1.807, 2.05) is 6.08 Å². The Morgan fingerprint density at radius 1 is 0.397 bits per heavy atom. The maximum Gasteiger partial charge on any atom is 0.220 e. The number of nitrogens with one attached hydrogen (secondary N) is 1. The van der Waals surface area contributed by atoms with Gasteiger partial charge < -0.3 is 15.5 Å². The molecule has 366 valence electrons. The smallest absolute Gasteiger partial charge is 0.220 e. The van der Waals surface area contributed by atoms with Gasteiger partial charge in [-0.15, -0.1) is 0 Å². The molecule has 0 heterocycles. The summed E-state index contributed by atoms with van der Waals surface area (Å²) in [4.78, 5) is 12.4. The van der Waals surface area contributed by atoms with Gasteiger partial charge in [0.15, 0.2) is 0 Å². The molecule has 0 rings (SSSR count). The summed E-state index contributed by atoms with van der Waals surface area (Å²) in [5, 5.41) is 22.9. The molecule has 0 fully saturated rings. The van der Waals surface area contributed by atoms with Crippen molar-refractivity contribution in [2.75, 3.05) is 6.61 Å². The summed E-state index contributed by atoms with van der Waals surface area (Å²) in [6, 6.07) is -0.644. The topological polar surface area (TPSA) is 69.6 Å². The Kier molecular flexibility index (Phi) is 52.3. The number of carbonyl (C=O) groups excluding carboxylic acids is 1. The lowest BCUT2D eigenvalue weighted by Crippen LogP contribution is -2.45. The minimum absolute atomic E-state index is 0.0783. The molecule has 4 heteroatoms. The third-order valence-electron chi connectivity index (χ3n) is 12.4. The van der Waals surface area contributed by atoms with Gasteiger partial charge in [-0.2, -0.15) is 0 Å². The van der Waals surface area contributed by atoms with Crippen LogP contribution < -0.4 is 5.32 Å². The molecular weight excluding hydrogens is 771 g/mol. The Hall–Kier alpha value is -2.17. The van der Waals surface area contributed by atoms with Gasteiger partial charge in [-0.3, -0.25) is 4.79 Å². The van der Waals surface area contributed by atoms with Crippen molar-refractivity contribution in [3.63, 3.8) is 0 Å². The summed E-state index contributed by atoms with van der Waals surface area (Å²) in [6.07, 6.45) is 78.1. The van der Waals surface area contributed by atoms with E-state index in [9.17, 15) is 15.0 Å². The number of carbonyl (C=O) groups is 1. The third kappa shape index (κ3) is 50.7. The summed E-state index contributed by atoms with van der Waals surface area (Å²) in [5.74, 6) is -0.0783. The molecule has 0 saturated heterocycles. The van der Waals surface area contributed by atoms with Gasteiger partial charge in [0, 0.05) is 6.42 Å². The molecule has 0 aliphatic heterocycles. The monoisotopic (exact) mass is 878 g/mol. The zero-order valence-electron chi connectivity index (χ0n) is 42.1. The quantitative estimate of drug-likeness (QED) is 0.0421. The van der Waals surface area contributed by atoms with Crippen LogP contribution in [-0.4, -0.2) is 34.9 Å². The molecule has 0 aliphatic carbocycles. The highest BCUT2D eigenvalue weighted by molar-refractivity contribution is 5.76. The number of unbranched alkanes of at least 4 members (excludes halogenated alkanes) is 33. The maximum atomic E-state index is 12.4. The van der Waals surface area contributed by atoms with Crippen LogP contribution in [0, 0.1) is 0 Å². The molecule has 0 aromatic rings. The van der Waals surface area contributed by atoms with Gasteiger partial charge >= 0.3 is 0 Å². The Labute approximate surface area is 393 Å². The van der Waals surface area contributed by atoms with Gasteiger partial charge in [-0.25, -0.2) is 0 Å². The molecule has 4 nitrogen and oxygen atoms in total. The molecule has 0 spiro atoms. The molecule has 2 atom stereocenters. The average Bonchev–Trinajstić information content (AvgIpc) is 3.29. The van der Waals surface area contributed by atoms with E-state index in [1.54, 1.807) is 6.08 Å². The van der Waals surface area contributed by atoms with Crippen molar-refractivity contribution in [3.8, 4) is 0 Å². The Morgan fingerprint density at radius 3 is 1.10 bits per heavy atom. The zero-order valence-corrected chi connectivity index (χ0v) is 42.1. The summed E-state index contributed by atoms with van der Waals surface area (Å²) in [5.41, 5.74) is 0. The molecule has 0 saturated carbocycles. The lowest BCUT2D eigenvalue weighted by Gasteiger charge is -2.19. The van der Waals surface area contributed by atoms with Gasteiger partial charge in [0.05, 0.1) is 18.8 Å². The molecule has 0 aromatic carbocycles. The lowest BCUT2D eigenvalue weighted by atomic mass is 10.0. The normalized spacial score (nSPS) is 13.4. The van der Waals surface area contributed by atoms with Crippen molar-refractivity contribution in [2.24, 2.45) is 0 Å². The van der Waals surface area contributed by atoms with Crippen LogP contribution in [0.2, 0.25) is 0 Å². The minimum atomic E-state index is -0.868. The highest BCUT2D eigenvalue weighted by Gasteiger charge is 2.17. The summed E-state index contributed by atoms with van der Waals surface area (Å²) < 4.78 is 0. The second-order valence-electron chi connectivity index (χ2n) is 18.6. The van der Waals surface area contributed by atoms with Crippen molar-refractivity contribution in [1.29, 1.82) is 0 Å². The molecule has 0 aliphatic rings. The summed E-state index contributed by atoms with van der Waals surface area (Å²) in [6.45, 7) is 4.16. The van der Waals surface area contributed by atoms with E-state index in [-0.39, 0.29) is 12.5 Å². The fourth-order valence-electron chi connectivity index (χ4n) is 8.23. The Balaban J connectivity index is 3.38. The van der Waals surface area contributed by atoms with Crippen molar-refractivity contribution >= 4 is 5.91 Å². The molecule has 3 N–H and O–H groups in total. The van der Waals surface area contributed by atoms with E-state index in [0.717, 1.165) is 57.8 Å². The minimum Gasteiger partial charge on any atom is -0.394 e. The highest BCUT2D eigenvalue weighted by atomic mass is 16.3. The van der Waals surface area contributed by atoms with Crippen molar-refractivity contribution in [3.05, 3.63) is 72.9 Å². The zero-order chi connectivity index (χ0) is 45.6. The SMILES string of the molecule is CC/C=C/CC/C=C/CC/C=C/C(O)C(CO)NC(=O)CCCCCCCCCCCCCCCCCCCCCCCCCCCC/C=C\C/C=C\C/C=C\CCCCCCC. The van der Waals surface area contributed by atoms with E-state index in [0.29, 0.717) is 6.42 Å². The number of rotatable bonds is 50. The standard InChI is InChI=1S/C59H107NO3/c1-3-5-7-9-11-13-15-16-17-18-19-20-21-22-23-24-25-26-27-28-29-30-31-32-33-34-35-36-37-38-39-40-41-42-43-44-45-47-49-51-53-55-59(63)60-57(56-61)58(62)54-52-50-48-46-14-12-10-8-6-4-2/h6,8,14-16,18-19,21-22,46,52,54,57-58,61-62H,3-5,7,9-13,17,20,23-45,47-51,53,55-56H2,1-2H3,(H,60,63)/b8-6+,16-15-,19-18-,22-21-,46-14+,54-52+. The number of hydrogen-bond donors (Lipinski definition) is 3. The molecule has 0 radical (unpaired) electrons. The first kappa shape index (κ1) is 60.8. The van der Waals surface area contributed by atoms with E-state index in [4.69, 9.17) is 0 Å². The number of allylic oxidation sites excluding steroid dienone is 11. The second-order valence-corrected chi connectivity index (χ2v) is 18.6. The number of amides is 1. The van der Waals surface area contributed by atoms with Crippen LogP contribution in [-0.2, 0) is 4.79 Å². The maximum absolute atomic E-state index is 12.4. The molecule has 63 heavy (non-hydrogen) atoms. The predicted octanol–water partition coefficient (Wildman–Crippen LogP) is 18.2. The third-order valence-corrected chi connectivity index (χ3v) is 12.4. The van der Waals surface area contributed by atoms with Crippen molar-refractivity contribution in [2.45, 2.75) is 289 Å². The summed E-state index contributed by atoms with van der Waals surface area (Å²) in [7, 11) is 0. The molecule has 1 amide bonds. The predicted molar refractivity (Wildman–Crippen MR) is 281 cm³/mol. The van der Waals surface area contributed by atoms with Gasteiger partial charge in [0.25, 0.3) is 0 Å². The first-order chi connectivity index (χ1) is 31.2. The second kappa shape index (κ2) is 54.2. The van der Waals surface area contributed by atoms with Crippen LogP contribution in [0.5, 0.6) is 0 Å². The van der Waals surface area contributed by atoms with Crippen molar-refractivity contribution in [1.82, 2.24) is 5.32 Å². The number of hydrogen-bond acceptors (Lipinski definition) is 3. The van der Waals surface area contributed by atoms with Crippen LogP contribution >= 0.6 is 0 Å². The van der Waals surface area contributed by atoms with E-state index in [1.165, 1.54) is 199 Å². The van der Waals surface area contributed by atoms with Gasteiger partial charge in [0.1, 0.15) is 0 Å². The Bertz CT molecular complexity index is 1090. The largest absolute Gasteiger partial charge is 0.394 e. The first-order valence-electron chi connectivity index (χ1n) is 27.7. The molecule has 0 bridgehead atoms. The van der Waals surface area contributed by atoms with Gasteiger partial charge in [0.2, 0.25) is 5.91 Å². The summed E-state index contributed by atoms with van der Waals surface area (Å²) >= 11 is 0. The highest BCUT2D eigenvalue weighted by Crippen LogP contribution is 2.17. The van der Waals surface area contributed by atoms with E-state index < -0.39 is 12.1 Å². The van der Waals surface area contributed by atoms with Crippen LogP contribution in [0.4, 0.5) is 0 Å². The molecule has 0 aromatic heterocycles. The number of aliphatic hydroxyl groups excluding tert-OH is 2. The fourth-order valence-corrected chi connectivity index (χ4v) is 8.23. The Morgan fingerprint density at radius 2 is 0.714 bits per heavy atom. The van der Waals surface area contributed by atoms with Crippen LogP contribution in [0.25, 0.3) is 0 Å². The molecular formula is C59H107NO3. The van der Waals surface area contributed by atoms with E-state index >= 15 is 0 Å². The van der Waals surface area contributed by atoms with Crippen LogP contribution in [0.1, 0.15) is 277 Å². The average molecular weight is 879 g/mol. The molecule has 2 unspecified atom stereocenters. The first-order valence-corrected chi connectivity index (χ1v) is 27.7. The van der Waals surface area contributed by atoms with Crippen LogP contribution in [0.15, 0.2) is 72.9 Å². The van der Waals surface area contributed by atoms with Gasteiger partial charge in [-0.1, -0.05) is 267 Å².